The predicted molar refractivity (Wildman–Crippen MR) is 250 cm³/mol. The molecule has 8 heteroatoms. The van der Waals surface area contributed by atoms with Gasteiger partial charge in [-0.05, 0) is 65.7 Å². The summed E-state index contributed by atoms with van der Waals surface area (Å²) in [5.41, 5.74) is 9.66. The van der Waals surface area contributed by atoms with Gasteiger partial charge in [0.15, 0.2) is 0 Å². The number of nitrogens with zero attached hydrogens (tertiary/aromatic N) is 4. The van der Waals surface area contributed by atoms with E-state index in [1.807, 2.05) is 158 Å². The van der Waals surface area contributed by atoms with Crippen molar-refractivity contribution in [3.63, 3.8) is 0 Å². The van der Waals surface area contributed by atoms with Gasteiger partial charge in [-0.3, -0.25) is 4.57 Å². The first kappa shape index (κ1) is 37.5. The van der Waals surface area contributed by atoms with E-state index >= 15 is 0 Å². The molecule has 6 nitrogen and oxygen atoms in total. The fraction of sp³-hybridized carbons (Fsp3) is 0.0185. The van der Waals surface area contributed by atoms with Crippen LogP contribution in [0.25, 0.3) is 45.0 Å². The third kappa shape index (κ3) is 6.67. The number of aromatic nitrogens is 2. The van der Waals surface area contributed by atoms with Crippen LogP contribution in [-0.2, 0) is 5.79 Å². The Labute approximate surface area is 368 Å². The third-order valence-corrected chi connectivity index (χ3v) is 11.7. The van der Waals surface area contributed by atoms with E-state index in [4.69, 9.17) is 47.6 Å². The maximum absolute atomic E-state index is 7.61. The molecule has 5 aliphatic heterocycles. The Hall–Kier alpha value is -7.51. The maximum atomic E-state index is 7.61. The summed E-state index contributed by atoms with van der Waals surface area (Å²) >= 11 is 15.1. The highest BCUT2D eigenvalue weighted by atomic mass is 35.5. The molecule has 9 aromatic rings. The van der Waals surface area contributed by atoms with E-state index in [1.165, 1.54) is 0 Å². The highest BCUT2D eigenvalue weighted by Crippen LogP contribution is 2.50. The number of hydrogen-bond acceptors (Lipinski definition) is 5. The standard InChI is InChI=1S/C54H34Cl2N4O2/c55-47-33-43-27-29-45(47)53-57-51(37-19-9-3-10-20-37)52(38-21-11-4-12-22-38)60(53)54(58-49(35-15-5-1-6-16-35)50(59-54)36-17-7-2-8-18-36)46-30-28-44(34-48(46)56)62-42-26-14-24-40(32-42)39-23-13-25-41(31-39)61-43/h1-34H. The lowest BCUT2D eigenvalue weighted by atomic mass is 10.0. The fourth-order valence-corrected chi connectivity index (χ4v) is 8.82. The molecule has 1 aromatic heterocycles. The predicted octanol–water partition coefficient (Wildman–Crippen LogP) is 14.4. The van der Waals surface area contributed by atoms with Gasteiger partial charge in [-0.1, -0.05) is 169 Å². The molecule has 1 spiro atoms. The Balaban J connectivity index is 1.29. The van der Waals surface area contributed by atoms with E-state index in [9.17, 15) is 0 Å². The second kappa shape index (κ2) is 15.5. The van der Waals surface area contributed by atoms with Crippen molar-refractivity contribution < 1.29 is 9.47 Å². The first-order valence-electron chi connectivity index (χ1n) is 20.2. The van der Waals surface area contributed by atoms with Gasteiger partial charge in [-0.25, -0.2) is 15.0 Å². The molecule has 62 heavy (non-hydrogen) atoms. The van der Waals surface area contributed by atoms with Crippen LogP contribution in [0.3, 0.4) is 0 Å². The van der Waals surface area contributed by atoms with Crippen LogP contribution in [0.15, 0.2) is 216 Å². The highest BCUT2D eigenvalue weighted by molar-refractivity contribution is 6.54. The number of aliphatic imine (C=N–C) groups is 2. The van der Waals surface area contributed by atoms with Crippen LogP contribution in [0.5, 0.6) is 23.0 Å². The van der Waals surface area contributed by atoms with Gasteiger partial charge in [-0.2, -0.15) is 0 Å². The van der Waals surface area contributed by atoms with Crippen LogP contribution >= 0.6 is 23.2 Å². The first-order chi connectivity index (χ1) is 30.5. The Bertz CT molecular complexity index is 3150. The molecule has 0 unspecified atom stereocenters. The van der Waals surface area contributed by atoms with Gasteiger partial charge in [0, 0.05) is 39.4 Å². The Morgan fingerprint density at radius 3 is 1.37 bits per heavy atom. The molecule has 14 rings (SSSR count). The molecule has 0 aliphatic carbocycles. The summed E-state index contributed by atoms with van der Waals surface area (Å²) in [5, 5.41) is 0.825. The van der Waals surface area contributed by atoms with Crippen molar-refractivity contribution in [1.29, 1.82) is 0 Å². The summed E-state index contributed by atoms with van der Waals surface area (Å²) in [6.07, 6.45) is 0. The zero-order chi connectivity index (χ0) is 41.6. The second-order valence-electron chi connectivity index (χ2n) is 15.0. The number of benzene rings is 8. The van der Waals surface area contributed by atoms with Crippen molar-refractivity contribution in [2.75, 3.05) is 0 Å². The zero-order valence-corrected chi connectivity index (χ0v) is 34.5. The van der Waals surface area contributed by atoms with Gasteiger partial charge in [-0.15, -0.1) is 0 Å². The average Bonchev–Trinajstić information content (AvgIpc) is 3.92. The van der Waals surface area contributed by atoms with Gasteiger partial charge < -0.3 is 9.47 Å². The van der Waals surface area contributed by atoms with Crippen molar-refractivity contribution in [3.8, 4) is 68.0 Å². The molecule has 0 fully saturated rings. The number of halogens is 2. The van der Waals surface area contributed by atoms with Crippen molar-refractivity contribution in [2.45, 2.75) is 5.79 Å². The van der Waals surface area contributed by atoms with E-state index in [2.05, 4.69) is 53.1 Å². The smallest absolute Gasteiger partial charge is 0.263 e. The summed E-state index contributed by atoms with van der Waals surface area (Å²) in [6.45, 7) is 0. The van der Waals surface area contributed by atoms with Crippen LogP contribution in [-0.4, -0.2) is 21.0 Å². The molecule has 0 N–H and O–H groups in total. The van der Waals surface area contributed by atoms with Crippen LogP contribution in [0, 0.1) is 0 Å². The molecule has 296 valence electrons. The highest BCUT2D eigenvalue weighted by Gasteiger charge is 2.46. The van der Waals surface area contributed by atoms with Crippen molar-refractivity contribution in [2.24, 2.45) is 9.98 Å². The van der Waals surface area contributed by atoms with E-state index in [1.54, 1.807) is 0 Å². The van der Waals surface area contributed by atoms with E-state index in [0.29, 0.717) is 61.4 Å². The first-order valence-corrected chi connectivity index (χ1v) is 21.0. The van der Waals surface area contributed by atoms with Gasteiger partial charge >= 0.3 is 0 Å². The quantitative estimate of drug-likeness (QED) is 0.177. The van der Waals surface area contributed by atoms with Crippen molar-refractivity contribution in [3.05, 3.63) is 233 Å². The lowest BCUT2D eigenvalue weighted by Gasteiger charge is -2.31. The van der Waals surface area contributed by atoms with Gasteiger partial charge in [0.05, 0.1) is 32.9 Å². The van der Waals surface area contributed by atoms with Gasteiger partial charge in [0.25, 0.3) is 5.79 Å². The topological polar surface area (TPSA) is 61.0 Å². The monoisotopic (exact) mass is 840 g/mol. The molecule has 0 amide bonds. The number of ether oxygens (including phenoxy) is 2. The number of hydrogen-bond donors (Lipinski definition) is 0. The minimum atomic E-state index is -1.58. The van der Waals surface area contributed by atoms with Crippen molar-refractivity contribution >= 4 is 34.6 Å². The summed E-state index contributed by atoms with van der Waals surface area (Å²) in [6, 6.07) is 67.9. The van der Waals surface area contributed by atoms with Gasteiger partial charge in [0.1, 0.15) is 28.8 Å². The minimum absolute atomic E-state index is 0.397. The Kier molecular flexibility index (Phi) is 9.38. The van der Waals surface area contributed by atoms with Crippen molar-refractivity contribution in [1.82, 2.24) is 9.55 Å². The SMILES string of the molecule is Clc1cc2ccc1-c1nc(-c3ccccc3)c(-c3ccccc3)n1C1(N=C(c3ccccc3)C(c3ccccc3)=N1)c1ccc(cc1Cl)Oc1cccc(c1)-c1cccc(c1)O2. The fourth-order valence-electron chi connectivity index (χ4n) is 8.26. The normalized spacial score (nSPS) is 13.6. The average molecular weight is 842 g/mol. The lowest BCUT2D eigenvalue weighted by molar-refractivity contribution is 0.408. The molecule has 5 aliphatic rings. The molecular formula is C54H34Cl2N4O2. The van der Waals surface area contributed by atoms with Crippen LogP contribution < -0.4 is 9.47 Å². The van der Waals surface area contributed by atoms with Gasteiger partial charge in [0.2, 0.25) is 0 Å². The number of rotatable bonds is 4. The van der Waals surface area contributed by atoms with E-state index in [-0.39, 0.29) is 0 Å². The molecule has 0 saturated carbocycles. The summed E-state index contributed by atoms with van der Waals surface area (Å²) in [7, 11) is 0. The largest absolute Gasteiger partial charge is 0.457 e. The summed E-state index contributed by atoms with van der Waals surface area (Å²) < 4.78 is 15.2. The second-order valence-corrected chi connectivity index (χ2v) is 15.8. The zero-order valence-electron chi connectivity index (χ0n) is 33.0. The molecule has 6 heterocycles. The van der Waals surface area contributed by atoms with Crippen LogP contribution in [0.1, 0.15) is 16.7 Å². The molecule has 0 atom stereocenters. The Morgan fingerprint density at radius 2 is 0.855 bits per heavy atom. The summed E-state index contributed by atoms with van der Waals surface area (Å²) in [4.78, 5) is 17.1. The third-order valence-electron chi connectivity index (χ3n) is 11.1. The number of imidazole rings is 1. The van der Waals surface area contributed by atoms with E-state index < -0.39 is 5.79 Å². The maximum Gasteiger partial charge on any atom is 0.263 e. The Morgan fingerprint density at radius 1 is 0.403 bits per heavy atom. The molecular weight excluding hydrogens is 808 g/mol. The van der Waals surface area contributed by atoms with E-state index in [0.717, 1.165) is 44.8 Å². The summed E-state index contributed by atoms with van der Waals surface area (Å²) in [5.74, 6) is 1.38. The minimum Gasteiger partial charge on any atom is -0.457 e. The lowest BCUT2D eigenvalue weighted by Crippen LogP contribution is -2.32. The molecule has 8 bridgehead atoms. The van der Waals surface area contributed by atoms with Crippen LogP contribution in [0.4, 0.5) is 0 Å². The molecule has 0 radical (unpaired) electrons. The van der Waals surface area contributed by atoms with Crippen LogP contribution in [0.2, 0.25) is 10.0 Å². The molecule has 8 aromatic carbocycles. The molecule has 0 saturated heterocycles.